The maximum absolute atomic E-state index is 15.0. The number of methoxy groups -OCH3 is 1. The number of Topliss-reactive ketones (excluding diaryl/α,β-unsaturated/α-hetero) is 1. The van der Waals surface area contributed by atoms with Crippen LogP contribution in [0.2, 0.25) is 0 Å². The highest BCUT2D eigenvalue weighted by Gasteiger charge is 2.54. The first kappa shape index (κ1) is 55.0. The number of aliphatic hydroxyl groups excluding tert-OH is 1. The predicted molar refractivity (Wildman–Crippen MR) is 256 cm³/mol. The van der Waals surface area contributed by atoms with Gasteiger partial charge in [0.25, 0.3) is 0 Å². The molecule has 4 unspecified atom stereocenters. The zero-order valence-electron chi connectivity index (χ0n) is 42.5. The average molecular weight is 965 g/mol. The summed E-state index contributed by atoms with van der Waals surface area (Å²) in [5.41, 5.74) is 4.79. The van der Waals surface area contributed by atoms with Gasteiger partial charge in [-0.1, -0.05) is 33.8 Å². The molecule has 0 aliphatic carbocycles. The number of aliphatic hydroxyl groups is 1. The lowest BCUT2D eigenvalue weighted by Crippen LogP contribution is -2.64. The number of nitrogens with zero attached hydrogens (tertiary/aromatic N) is 6. The van der Waals surface area contributed by atoms with Crippen LogP contribution >= 0.6 is 0 Å². The summed E-state index contributed by atoms with van der Waals surface area (Å²) >= 11 is 0. The van der Waals surface area contributed by atoms with Gasteiger partial charge in [-0.15, -0.1) is 0 Å². The number of carbonyl (C=O) groups is 4. The Morgan fingerprint density at radius 2 is 1.78 bits per heavy atom. The minimum Gasteiger partial charge on any atom is -0.461 e. The molecule has 5 heterocycles. The van der Waals surface area contributed by atoms with Gasteiger partial charge in [0.2, 0.25) is 5.95 Å². The summed E-state index contributed by atoms with van der Waals surface area (Å²) in [6, 6.07) is 4.04. The third-order valence-corrected chi connectivity index (χ3v) is 14.0. The summed E-state index contributed by atoms with van der Waals surface area (Å²) in [6.07, 6.45) is 4.59. The number of pyridine rings is 1. The molecule has 3 aromatic rings. The Morgan fingerprint density at radius 3 is 2.42 bits per heavy atom. The molecule has 382 valence electrons. The summed E-state index contributed by atoms with van der Waals surface area (Å²) in [4.78, 5) is 75.7. The van der Waals surface area contributed by atoms with E-state index in [1.807, 2.05) is 57.5 Å². The standard InChI is InChI=1S/C50H76N8O11/c1-13-39-50(9,69-34(7)59)44(53-20-14-15-22-58-27-37(55-28-58)36-18-21-54-48(51)56-36)31(4)41(61)29(2)25-49(8,64-12)45(68-47-42(62)38(57(10)11)23-30(3)65-47)32(5)43(33(6)46(63)66-39)67-40(60)24-35-17-16-19-52-26-35/h16-19,21,26-33,38-39,42-45,47,53,62H,13-15,20,22-25H2,1-12H3,(H2,51,54,56)/t29-,30-,31+,32+,33-,38+,39-,42-,43?,44?,45?,47?,49-,50-/m1/s1. The number of cyclic esters (lactones) is 1. The Morgan fingerprint density at radius 1 is 1.04 bits per heavy atom. The van der Waals surface area contributed by atoms with E-state index in [0.717, 1.165) is 0 Å². The van der Waals surface area contributed by atoms with Crippen LogP contribution < -0.4 is 11.1 Å². The first-order valence-electron chi connectivity index (χ1n) is 24.2. The molecule has 0 amide bonds. The molecule has 0 radical (unpaired) electrons. The molecule has 0 aromatic carbocycles. The van der Waals surface area contributed by atoms with Crippen LogP contribution in [0.25, 0.3) is 11.4 Å². The van der Waals surface area contributed by atoms with Gasteiger partial charge in [-0.25, -0.2) is 15.0 Å². The fourth-order valence-corrected chi connectivity index (χ4v) is 10.3. The number of carbonyl (C=O) groups excluding carboxylic acids is 4. The van der Waals surface area contributed by atoms with Crippen molar-refractivity contribution in [1.29, 1.82) is 0 Å². The molecule has 5 rings (SSSR count). The van der Waals surface area contributed by atoms with Crippen molar-refractivity contribution in [3.63, 3.8) is 0 Å². The molecule has 0 bridgehead atoms. The van der Waals surface area contributed by atoms with E-state index in [1.165, 1.54) is 14.0 Å². The van der Waals surface area contributed by atoms with Crippen molar-refractivity contribution >= 4 is 29.6 Å². The number of aromatic nitrogens is 5. The maximum Gasteiger partial charge on any atom is 0.312 e. The van der Waals surface area contributed by atoms with Gasteiger partial charge in [0.15, 0.2) is 11.9 Å². The third-order valence-electron chi connectivity index (χ3n) is 14.0. The highest BCUT2D eigenvalue weighted by atomic mass is 16.7. The van der Waals surface area contributed by atoms with Crippen LogP contribution in [-0.2, 0) is 60.6 Å². The van der Waals surface area contributed by atoms with E-state index >= 15 is 4.79 Å². The summed E-state index contributed by atoms with van der Waals surface area (Å²) in [7, 11) is 5.27. The molecule has 2 aliphatic heterocycles. The molecule has 2 fully saturated rings. The van der Waals surface area contributed by atoms with Crippen molar-refractivity contribution in [3.05, 3.63) is 54.9 Å². The summed E-state index contributed by atoms with van der Waals surface area (Å²) in [5.74, 6) is -5.42. The van der Waals surface area contributed by atoms with E-state index in [-0.39, 0.29) is 43.1 Å². The number of hydrogen-bond donors (Lipinski definition) is 3. The van der Waals surface area contributed by atoms with Crippen LogP contribution in [0.4, 0.5) is 5.95 Å². The number of rotatable bonds is 16. The van der Waals surface area contributed by atoms with E-state index in [1.54, 1.807) is 70.8 Å². The summed E-state index contributed by atoms with van der Waals surface area (Å²) < 4.78 is 40.5. The van der Waals surface area contributed by atoms with Crippen molar-refractivity contribution in [2.24, 2.45) is 23.7 Å². The number of imidazole rings is 1. The molecule has 2 saturated heterocycles. The minimum absolute atomic E-state index is 0.106. The van der Waals surface area contributed by atoms with E-state index in [2.05, 4.69) is 25.3 Å². The number of ether oxygens (including phenoxy) is 6. The Labute approximate surface area is 406 Å². The normalized spacial score (nSPS) is 32.8. The number of nitrogens with one attached hydrogen (secondary N) is 1. The maximum atomic E-state index is 15.0. The molecular formula is C50H76N8O11. The van der Waals surface area contributed by atoms with E-state index in [9.17, 15) is 19.5 Å². The number of nitrogens with two attached hydrogens (primary N) is 1. The largest absolute Gasteiger partial charge is 0.461 e. The van der Waals surface area contributed by atoms with Crippen molar-refractivity contribution in [3.8, 4) is 11.4 Å². The van der Waals surface area contributed by atoms with Crippen LogP contribution in [0.3, 0.4) is 0 Å². The molecule has 14 atom stereocenters. The molecule has 2 aliphatic rings. The third kappa shape index (κ3) is 13.7. The van der Waals surface area contributed by atoms with Gasteiger partial charge in [0.05, 0.1) is 48.2 Å². The Balaban J connectivity index is 1.52. The number of esters is 3. The van der Waals surface area contributed by atoms with Crippen molar-refractivity contribution < 1.29 is 52.7 Å². The zero-order chi connectivity index (χ0) is 50.8. The Kier molecular flexibility index (Phi) is 19.4. The second-order valence-corrected chi connectivity index (χ2v) is 19.6. The zero-order valence-corrected chi connectivity index (χ0v) is 42.5. The van der Waals surface area contributed by atoms with E-state index in [0.29, 0.717) is 49.3 Å². The second kappa shape index (κ2) is 24.3. The fourth-order valence-electron chi connectivity index (χ4n) is 10.3. The molecule has 69 heavy (non-hydrogen) atoms. The molecule has 4 N–H and O–H groups in total. The number of hydrogen-bond acceptors (Lipinski definition) is 18. The summed E-state index contributed by atoms with van der Waals surface area (Å²) in [6.45, 7) is 16.6. The van der Waals surface area contributed by atoms with Crippen molar-refractivity contribution in [2.75, 3.05) is 33.5 Å². The lowest BCUT2D eigenvalue weighted by molar-refractivity contribution is -0.301. The van der Waals surface area contributed by atoms with Crippen LogP contribution in [0.15, 0.2) is 49.3 Å². The lowest BCUT2D eigenvalue weighted by atomic mass is 9.73. The van der Waals surface area contributed by atoms with Crippen LogP contribution in [0, 0.1) is 23.7 Å². The molecule has 19 heteroatoms. The number of aryl methyl sites for hydroxylation is 1. The van der Waals surface area contributed by atoms with Gasteiger partial charge in [-0.2, -0.15) is 0 Å². The number of nitrogen functional groups attached to an aromatic ring is 1. The second-order valence-electron chi connectivity index (χ2n) is 19.6. The highest BCUT2D eigenvalue weighted by molar-refractivity contribution is 5.84. The van der Waals surface area contributed by atoms with Crippen molar-refractivity contribution in [2.45, 2.75) is 167 Å². The highest BCUT2D eigenvalue weighted by Crippen LogP contribution is 2.41. The summed E-state index contributed by atoms with van der Waals surface area (Å²) in [5, 5.41) is 15.3. The van der Waals surface area contributed by atoms with E-state index in [4.69, 9.17) is 34.2 Å². The van der Waals surface area contributed by atoms with Gasteiger partial charge in [0.1, 0.15) is 29.8 Å². The molecule has 0 spiro atoms. The quantitative estimate of drug-likeness (QED) is 0.101. The van der Waals surface area contributed by atoms with Crippen LogP contribution in [-0.4, -0.2) is 146 Å². The topological polar surface area (TPSA) is 242 Å². The van der Waals surface area contributed by atoms with Gasteiger partial charge < -0.3 is 54.0 Å². The average Bonchev–Trinajstić information content (AvgIpc) is 3.78. The monoisotopic (exact) mass is 965 g/mol. The number of likely N-dealkylation sites (N-methyl/N-ethyl adjacent to an activating group) is 1. The minimum atomic E-state index is -1.56. The first-order chi connectivity index (χ1) is 32.6. The number of ketones is 1. The van der Waals surface area contributed by atoms with Crippen molar-refractivity contribution in [1.82, 2.24) is 34.7 Å². The SMILES string of the molecule is CC[C@H]1OC(=O)[C@H](C)C(OC(=O)Cc2cccnc2)[C@H](C)C(OC2O[C@H](C)C[C@H](N(C)C)[C@H]2O)[C@](C)(OC)C[C@@H](C)C(=O)[C@H](C)C(NCCCCn2cnc(-c3ccnc(N)n3)c2)[C@]1(C)OC(C)=O. The fraction of sp³-hybridized carbons (Fsp3) is 0.680. The predicted octanol–water partition coefficient (Wildman–Crippen LogP) is 4.59. The van der Waals surface area contributed by atoms with Gasteiger partial charge in [0, 0.05) is 69.2 Å². The molecule has 19 nitrogen and oxygen atoms in total. The lowest BCUT2D eigenvalue weighted by Gasteiger charge is -2.49. The van der Waals surface area contributed by atoms with Crippen LogP contribution in [0.1, 0.15) is 100.0 Å². The Bertz CT molecular complexity index is 2160. The van der Waals surface area contributed by atoms with Gasteiger partial charge in [-0.05, 0) is 98.1 Å². The Hall–Kier alpha value is -4.92. The van der Waals surface area contributed by atoms with E-state index < -0.39 is 89.5 Å². The molecular weight excluding hydrogens is 889 g/mol. The van der Waals surface area contributed by atoms with Gasteiger partial charge in [-0.3, -0.25) is 24.2 Å². The number of anilines is 1. The molecule has 3 aromatic heterocycles. The smallest absolute Gasteiger partial charge is 0.312 e. The first-order valence-corrected chi connectivity index (χ1v) is 24.2. The van der Waals surface area contributed by atoms with Crippen LogP contribution in [0.5, 0.6) is 0 Å². The molecule has 0 saturated carbocycles. The number of unbranched alkanes of at least 4 members (excludes halogenated alkanes) is 1. The van der Waals surface area contributed by atoms with Gasteiger partial charge >= 0.3 is 17.9 Å².